The van der Waals surface area contributed by atoms with Gasteiger partial charge in [0.2, 0.25) is 11.8 Å². The predicted molar refractivity (Wildman–Crippen MR) is 74.9 cm³/mol. The standard InChI is InChI=1S/C14H22N4O2/c1-4-14(5-2)13(20)15-10-12(19)18(14)9-7-11-6-8-16-17(11)3/h6,8H,4-5,7,9-10H2,1-3H3,(H,15,20). The molecule has 1 saturated heterocycles. The number of piperazine rings is 1. The van der Waals surface area contributed by atoms with E-state index in [1.54, 1.807) is 15.8 Å². The highest BCUT2D eigenvalue weighted by molar-refractivity contribution is 5.97. The van der Waals surface area contributed by atoms with Crippen LogP contribution in [0.1, 0.15) is 32.4 Å². The highest BCUT2D eigenvalue weighted by atomic mass is 16.2. The van der Waals surface area contributed by atoms with Crippen LogP contribution in [0.4, 0.5) is 0 Å². The topological polar surface area (TPSA) is 67.2 Å². The van der Waals surface area contributed by atoms with E-state index in [4.69, 9.17) is 0 Å². The molecule has 0 bridgehead atoms. The van der Waals surface area contributed by atoms with Crippen molar-refractivity contribution in [3.63, 3.8) is 0 Å². The molecule has 1 aromatic rings. The number of carbonyl (C=O) groups excluding carboxylic acids is 2. The van der Waals surface area contributed by atoms with Crippen molar-refractivity contribution in [3.8, 4) is 0 Å². The molecule has 6 nitrogen and oxygen atoms in total. The first-order valence-electron chi connectivity index (χ1n) is 7.10. The Labute approximate surface area is 119 Å². The Morgan fingerprint density at radius 3 is 2.60 bits per heavy atom. The van der Waals surface area contributed by atoms with E-state index in [1.165, 1.54) is 0 Å². The molecule has 2 amide bonds. The van der Waals surface area contributed by atoms with Crippen LogP contribution in [0.2, 0.25) is 0 Å². The number of nitrogens with zero attached hydrogens (tertiary/aromatic N) is 3. The van der Waals surface area contributed by atoms with E-state index in [-0.39, 0.29) is 18.4 Å². The van der Waals surface area contributed by atoms with Gasteiger partial charge in [0.15, 0.2) is 0 Å². The summed E-state index contributed by atoms with van der Waals surface area (Å²) in [5.74, 6) is -0.0393. The molecule has 0 spiro atoms. The van der Waals surface area contributed by atoms with Crippen molar-refractivity contribution in [2.24, 2.45) is 7.05 Å². The van der Waals surface area contributed by atoms with E-state index >= 15 is 0 Å². The third-order valence-electron chi connectivity index (χ3n) is 4.32. The maximum Gasteiger partial charge on any atom is 0.246 e. The Bertz CT molecular complexity index is 505. The summed E-state index contributed by atoms with van der Waals surface area (Å²) in [6, 6.07) is 1.94. The lowest BCUT2D eigenvalue weighted by Crippen LogP contribution is -2.67. The Morgan fingerprint density at radius 2 is 2.05 bits per heavy atom. The molecule has 1 aromatic heterocycles. The van der Waals surface area contributed by atoms with Gasteiger partial charge in [0.25, 0.3) is 0 Å². The van der Waals surface area contributed by atoms with Gasteiger partial charge in [-0.3, -0.25) is 14.3 Å². The van der Waals surface area contributed by atoms with Crippen molar-refractivity contribution in [2.75, 3.05) is 13.1 Å². The minimum Gasteiger partial charge on any atom is -0.345 e. The Kier molecular flexibility index (Phi) is 4.11. The smallest absolute Gasteiger partial charge is 0.246 e. The summed E-state index contributed by atoms with van der Waals surface area (Å²) in [6.07, 6.45) is 3.71. The quantitative estimate of drug-likeness (QED) is 0.852. The van der Waals surface area contributed by atoms with Crippen LogP contribution >= 0.6 is 0 Å². The lowest BCUT2D eigenvalue weighted by atomic mass is 9.87. The number of rotatable bonds is 5. The largest absolute Gasteiger partial charge is 0.345 e. The minimum atomic E-state index is -0.700. The summed E-state index contributed by atoms with van der Waals surface area (Å²) >= 11 is 0. The number of aryl methyl sites for hydroxylation is 1. The van der Waals surface area contributed by atoms with Crippen molar-refractivity contribution >= 4 is 11.8 Å². The maximum atomic E-state index is 12.2. The Morgan fingerprint density at radius 1 is 1.35 bits per heavy atom. The number of amides is 2. The summed E-state index contributed by atoms with van der Waals surface area (Å²) in [5, 5.41) is 6.84. The molecule has 0 unspecified atom stereocenters. The summed E-state index contributed by atoms with van der Waals surface area (Å²) in [4.78, 5) is 26.2. The molecule has 0 radical (unpaired) electrons. The van der Waals surface area contributed by atoms with Crippen molar-refractivity contribution < 1.29 is 9.59 Å². The molecule has 1 aliphatic heterocycles. The zero-order chi connectivity index (χ0) is 14.8. The average molecular weight is 278 g/mol. The van der Waals surface area contributed by atoms with Crippen LogP contribution in [-0.4, -0.2) is 45.1 Å². The number of aromatic nitrogens is 2. The fraction of sp³-hybridized carbons (Fsp3) is 0.643. The second kappa shape index (κ2) is 5.64. The molecule has 110 valence electrons. The number of nitrogens with one attached hydrogen (secondary N) is 1. The Balaban J connectivity index is 2.19. The van der Waals surface area contributed by atoms with E-state index in [0.29, 0.717) is 25.8 Å². The van der Waals surface area contributed by atoms with Gasteiger partial charge in [-0.05, 0) is 18.9 Å². The first-order valence-corrected chi connectivity index (χ1v) is 7.10. The van der Waals surface area contributed by atoms with Crippen LogP contribution in [0.5, 0.6) is 0 Å². The van der Waals surface area contributed by atoms with Crippen LogP contribution in [0.3, 0.4) is 0 Å². The van der Waals surface area contributed by atoms with Crippen LogP contribution in [-0.2, 0) is 23.1 Å². The lowest BCUT2D eigenvalue weighted by molar-refractivity contribution is -0.154. The van der Waals surface area contributed by atoms with E-state index in [9.17, 15) is 9.59 Å². The van der Waals surface area contributed by atoms with E-state index in [2.05, 4.69) is 10.4 Å². The molecule has 1 fully saturated rings. The zero-order valence-electron chi connectivity index (χ0n) is 12.3. The molecule has 0 atom stereocenters. The summed E-state index contributed by atoms with van der Waals surface area (Å²) < 4.78 is 1.80. The average Bonchev–Trinajstić information content (AvgIpc) is 2.85. The van der Waals surface area contributed by atoms with Gasteiger partial charge in [0.05, 0.1) is 6.54 Å². The molecule has 20 heavy (non-hydrogen) atoms. The molecule has 6 heteroatoms. The van der Waals surface area contributed by atoms with Gasteiger partial charge in [-0.2, -0.15) is 5.10 Å². The van der Waals surface area contributed by atoms with E-state index in [0.717, 1.165) is 5.69 Å². The van der Waals surface area contributed by atoms with E-state index in [1.807, 2.05) is 27.0 Å². The molecular formula is C14H22N4O2. The summed E-state index contributed by atoms with van der Waals surface area (Å²) in [6.45, 7) is 4.57. The van der Waals surface area contributed by atoms with Crippen molar-refractivity contribution in [1.82, 2.24) is 20.0 Å². The second-order valence-electron chi connectivity index (χ2n) is 5.16. The molecule has 0 aromatic carbocycles. The second-order valence-corrected chi connectivity index (χ2v) is 5.16. The summed E-state index contributed by atoms with van der Waals surface area (Å²) in [7, 11) is 1.88. The van der Waals surface area contributed by atoms with Gasteiger partial charge in [0, 0.05) is 31.9 Å². The van der Waals surface area contributed by atoms with E-state index < -0.39 is 5.54 Å². The molecule has 1 N–H and O–H groups in total. The first-order chi connectivity index (χ1) is 9.55. The molecule has 0 saturated carbocycles. The van der Waals surface area contributed by atoms with Gasteiger partial charge in [-0.25, -0.2) is 0 Å². The Hall–Kier alpha value is -1.85. The van der Waals surface area contributed by atoms with Crippen molar-refractivity contribution in [1.29, 1.82) is 0 Å². The highest BCUT2D eigenvalue weighted by Gasteiger charge is 2.46. The summed E-state index contributed by atoms with van der Waals surface area (Å²) in [5.41, 5.74) is 0.360. The van der Waals surface area contributed by atoms with Gasteiger partial charge in [-0.15, -0.1) is 0 Å². The van der Waals surface area contributed by atoms with Crippen LogP contribution < -0.4 is 5.32 Å². The maximum absolute atomic E-state index is 12.2. The third kappa shape index (κ3) is 2.30. The highest BCUT2D eigenvalue weighted by Crippen LogP contribution is 2.27. The minimum absolute atomic E-state index is 0.00420. The fourth-order valence-corrected chi connectivity index (χ4v) is 2.94. The van der Waals surface area contributed by atoms with Crippen molar-refractivity contribution in [3.05, 3.63) is 18.0 Å². The van der Waals surface area contributed by atoms with Crippen LogP contribution in [0.25, 0.3) is 0 Å². The van der Waals surface area contributed by atoms with Gasteiger partial charge in [-0.1, -0.05) is 13.8 Å². The van der Waals surface area contributed by atoms with Gasteiger partial charge < -0.3 is 10.2 Å². The molecule has 0 aliphatic carbocycles. The number of carbonyl (C=O) groups is 2. The SMILES string of the molecule is CCC1(CC)C(=O)NCC(=O)N1CCc1ccnn1C. The fourth-order valence-electron chi connectivity index (χ4n) is 2.94. The zero-order valence-corrected chi connectivity index (χ0v) is 12.3. The molecule has 2 heterocycles. The van der Waals surface area contributed by atoms with Gasteiger partial charge >= 0.3 is 0 Å². The number of hydrogen-bond donors (Lipinski definition) is 1. The molecule has 2 rings (SSSR count). The lowest BCUT2D eigenvalue weighted by Gasteiger charge is -2.45. The third-order valence-corrected chi connectivity index (χ3v) is 4.32. The van der Waals surface area contributed by atoms with Crippen LogP contribution in [0, 0.1) is 0 Å². The van der Waals surface area contributed by atoms with Gasteiger partial charge in [0.1, 0.15) is 5.54 Å². The molecule has 1 aliphatic rings. The normalized spacial score (nSPS) is 18.2. The molecular weight excluding hydrogens is 256 g/mol. The number of hydrogen-bond acceptors (Lipinski definition) is 3. The predicted octanol–water partition coefficient (Wildman–Crippen LogP) is 0.480. The first kappa shape index (κ1) is 14.6. The monoisotopic (exact) mass is 278 g/mol. The van der Waals surface area contributed by atoms with Crippen LogP contribution in [0.15, 0.2) is 12.3 Å². The van der Waals surface area contributed by atoms with Crippen molar-refractivity contribution in [2.45, 2.75) is 38.6 Å².